The number of hydrogen-bond donors (Lipinski definition) is 1. The van der Waals surface area contributed by atoms with Crippen molar-refractivity contribution < 1.29 is 18.0 Å². The van der Waals surface area contributed by atoms with Crippen molar-refractivity contribution in [2.24, 2.45) is 5.73 Å². The lowest BCUT2D eigenvalue weighted by molar-refractivity contribution is -0.137. The normalized spacial score (nSPS) is 13.5. The summed E-state index contributed by atoms with van der Waals surface area (Å²) in [5.41, 5.74) is 4.63. The van der Waals surface area contributed by atoms with Gasteiger partial charge >= 0.3 is 6.18 Å². The summed E-state index contributed by atoms with van der Waals surface area (Å²) in [4.78, 5) is 10.1. The van der Waals surface area contributed by atoms with Gasteiger partial charge in [0.25, 0.3) is 0 Å². The summed E-state index contributed by atoms with van der Waals surface area (Å²) >= 11 is 8.73. The molecule has 1 aromatic carbocycles. The summed E-state index contributed by atoms with van der Waals surface area (Å²) in [6.07, 6.45) is -4.29. The third kappa shape index (κ3) is 3.89. The van der Waals surface area contributed by atoms with Crippen LogP contribution < -0.4 is 5.73 Å². The van der Waals surface area contributed by atoms with Gasteiger partial charge in [-0.05, 0) is 24.1 Å². The van der Waals surface area contributed by atoms with Crippen molar-refractivity contribution >= 4 is 33.4 Å². The van der Waals surface area contributed by atoms with E-state index in [9.17, 15) is 18.0 Å². The smallest absolute Gasteiger partial charge is 0.369 e. The van der Waals surface area contributed by atoms with E-state index in [4.69, 9.17) is 17.3 Å². The van der Waals surface area contributed by atoms with Crippen molar-refractivity contribution in [2.75, 3.05) is 0 Å². The van der Waals surface area contributed by atoms with E-state index in [1.54, 1.807) is 0 Å². The lowest BCUT2D eigenvalue weighted by Gasteiger charge is -2.11. The van der Waals surface area contributed by atoms with E-state index in [2.05, 4.69) is 15.9 Å². The van der Waals surface area contributed by atoms with Crippen molar-refractivity contribution in [1.82, 2.24) is 0 Å². The number of nitrogens with two attached hydrogens (primary N) is 1. The molecule has 1 aromatic rings. The number of hydrogen-bond acceptors (Lipinski definition) is 1. The van der Waals surface area contributed by atoms with E-state index in [1.807, 2.05) is 0 Å². The Kier molecular flexibility index (Phi) is 4.43. The van der Waals surface area contributed by atoms with Crippen molar-refractivity contribution in [2.45, 2.75) is 17.4 Å². The third-order valence-electron chi connectivity index (χ3n) is 2.09. The second-order valence-electron chi connectivity index (χ2n) is 3.38. The topological polar surface area (TPSA) is 43.1 Å². The third-order valence-corrected chi connectivity index (χ3v) is 3.22. The zero-order valence-electron chi connectivity index (χ0n) is 8.39. The van der Waals surface area contributed by atoms with Crippen LogP contribution in [0, 0.1) is 0 Å². The quantitative estimate of drug-likeness (QED) is 0.850. The van der Waals surface area contributed by atoms with Crippen LogP contribution in [0.25, 0.3) is 0 Å². The van der Waals surface area contributed by atoms with Crippen LogP contribution in [0.4, 0.5) is 13.2 Å². The molecule has 0 heterocycles. The highest BCUT2D eigenvalue weighted by atomic mass is 79.9. The largest absolute Gasteiger partial charge is 0.416 e. The number of carbonyl (C=O) groups is 1. The van der Waals surface area contributed by atoms with Crippen molar-refractivity contribution in [3.63, 3.8) is 0 Å². The van der Waals surface area contributed by atoms with Crippen molar-refractivity contribution in [3.05, 3.63) is 34.3 Å². The predicted molar refractivity (Wildman–Crippen MR) is 62.1 cm³/mol. The van der Waals surface area contributed by atoms with Gasteiger partial charge in [0.15, 0.2) is 0 Å². The number of amides is 1. The Morgan fingerprint density at radius 1 is 1.47 bits per heavy atom. The Morgan fingerprint density at radius 2 is 2.06 bits per heavy atom. The number of rotatable bonds is 3. The van der Waals surface area contributed by atoms with Gasteiger partial charge in [-0.15, -0.1) is 0 Å². The highest BCUT2D eigenvalue weighted by molar-refractivity contribution is 9.10. The lowest BCUT2D eigenvalue weighted by atomic mass is 10.1. The summed E-state index contributed by atoms with van der Waals surface area (Å²) in [5.74, 6) is -0.596. The fraction of sp³-hybridized carbons (Fsp3) is 0.300. The maximum absolute atomic E-state index is 12.3. The first-order valence-electron chi connectivity index (χ1n) is 4.51. The number of halogens is 5. The van der Waals surface area contributed by atoms with E-state index >= 15 is 0 Å². The average molecular weight is 331 g/mol. The molecule has 0 saturated carbocycles. The monoisotopic (exact) mass is 329 g/mol. The Morgan fingerprint density at radius 3 is 2.47 bits per heavy atom. The molecule has 0 saturated heterocycles. The lowest BCUT2D eigenvalue weighted by Crippen LogP contribution is -2.25. The van der Waals surface area contributed by atoms with Crippen LogP contribution in [-0.4, -0.2) is 10.7 Å². The molecule has 0 aromatic heterocycles. The van der Waals surface area contributed by atoms with Crippen LogP contribution in [0.15, 0.2) is 18.2 Å². The molecule has 1 amide bonds. The van der Waals surface area contributed by atoms with Crippen LogP contribution in [0.3, 0.4) is 0 Å². The van der Waals surface area contributed by atoms with Crippen LogP contribution in [0.2, 0.25) is 5.02 Å². The van der Waals surface area contributed by atoms with E-state index in [1.165, 1.54) is 6.07 Å². The maximum Gasteiger partial charge on any atom is 0.416 e. The summed E-state index contributed by atoms with van der Waals surface area (Å²) in [7, 11) is 0. The Balaban J connectivity index is 2.95. The highest BCUT2D eigenvalue weighted by Crippen LogP contribution is 2.32. The molecule has 2 nitrogen and oxygen atoms in total. The molecule has 0 fully saturated rings. The Hall–Kier alpha value is -0.750. The molecule has 0 spiro atoms. The van der Waals surface area contributed by atoms with Crippen molar-refractivity contribution in [1.29, 1.82) is 0 Å². The van der Waals surface area contributed by atoms with Gasteiger partial charge < -0.3 is 5.73 Å². The molecular formula is C10H8BrClF3NO. The van der Waals surface area contributed by atoms with E-state index in [0.717, 1.165) is 12.1 Å². The molecule has 94 valence electrons. The summed E-state index contributed by atoms with van der Waals surface area (Å²) in [6.45, 7) is 0. The van der Waals surface area contributed by atoms with Gasteiger partial charge in [0.05, 0.1) is 10.4 Å². The Bertz CT molecular complexity index is 436. The second-order valence-corrected chi connectivity index (χ2v) is 4.89. The van der Waals surface area contributed by atoms with Gasteiger partial charge in [-0.1, -0.05) is 33.6 Å². The number of primary amides is 1. The molecule has 7 heteroatoms. The summed E-state index contributed by atoms with van der Waals surface area (Å²) in [5, 5.41) is -0.0366. The van der Waals surface area contributed by atoms with Gasteiger partial charge in [-0.25, -0.2) is 0 Å². The van der Waals surface area contributed by atoms with Crippen LogP contribution >= 0.6 is 27.5 Å². The predicted octanol–water partition coefficient (Wildman–Crippen LogP) is 3.15. The molecule has 0 aliphatic carbocycles. The standard InChI is InChI=1S/C10H8BrClF3NO/c11-7(9(16)17)3-5-1-2-6(4-8(5)12)10(13,14)15/h1-2,4,7H,3H2,(H2,16,17). The SMILES string of the molecule is NC(=O)C(Br)Cc1ccc(C(F)(F)F)cc1Cl. The zero-order valence-corrected chi connectivity index (χ0v) is 10.7. The first-order valence-corrected chi connectivity index (χ1v) is 5.80. The minimum absolute atomic E-state index is 0.0366. The van der Waals surface area contributed by atoms with Gasteiger partial charge in [0.2, 0.25) is 5.91 Å². The minimum atomic E-state index is -4.43. The number of alkyl halides is 4. The van der Waals surface area contributed by atoms with Crippen LogP contribution in [-0.2, 0) is 17.4 Å². The van der Waals surface area contributed by atoms with Gasteiger partial charge in [0, 0.05) is 5.02 Å². The molecule has 0 aliphatic rings. The first-order chi connectivity index (χ1) is 7.71. The van der Waals surface area contributed by atoms with Gasteiger partial charge in [-0.3, -0.25) is 4.79 Å². The average Bonchev–Trinajstić information content (AvgIpc) is 2.19. The maximum atomic E-state index is 12.3. The highest BCUT2D eigenvalue weighted by Gasteiger charge is 2.31. The minimum Gasteiger partial charge on any atom is -0.369 e. The summed E-state index contributed by atoms with van der Waals surface area (Å²) < 4.78 is 37.0. The van der Waals surface area contributed by atoms with Gasteiger partial charge in [0.1, 0.15) is 0 Å². The molecule has 0 bridgehead atoms. The molecule has 1 atom stereocenters. The molecule has 1 rings (SSSR count). The summed E-state index contributed by atoms with van der Waals surface area (Å²) in [6, 6.07) is 2.99. The van der Waals surface area contributed by atoms with E-state index < -0.39 is 22.5 Å². The van der Waals surface area contributed by atoms with Gasteiger partial charge in [-0.2, -0.15) is 13.2 Å². The number of benzene rings is 1. The Labute approximate surface area is 109 Å². The fourth-order valence-electron chi connectivity index (χ4n) is 1.18. The first kappa shape index (κ1) is 14.3. The molecule has 17 heavy (non-hydrogen) atoms. The molecule has 2 N–H and O–H groups in total. The van der Waals surface area contributed by atoms with Crippen LogP contribution in [0.5, 0.6) is 0 Å². The van der Waals surface area contributed by atoms with Crippen molar-refractivity contribution in [3.8, 4) is 0 Å². The van der Waals surface area contributed by atoms with E-state index in [0.29, 0.717) is 5.56 Å². The molecule has 0 radical (unpaired) electrons. The zero-order chi connectivity index (χ0) is 13.2. The fourth-order valence-corrected chi connectivity index (χ4v) is 1.79. The second kappa shape index (κ2) is 5.27. The van der Waals surface area contributed by atoms with Crippen LogP contribution in [0.1, 0.15) is 11.1 Å². The molecular weight excluding hydrogens is 322 g/mol. The number of carbonyl (C=O) groups excluding carboxylic acids is 1. The molecule has 1 unspecified atom stereocenters. The van der Waals surface area contributed by atoms with E-state index in [-0.39, 0.29) is 11.4 Å². The molecule has 0 aliphatic heterocycles.